The van der Waals surface area contributed by atoms with Gasteiger partial charge in [0.2, 0.25) is 0 Å². The second-order valence-corrected chi connectivity index (χ2v) is 4.22. The lowest BCUT2D eigenvalue weighted by atomic mass is 10.1. The lowest BCUT2D eigenvalue weighted by molar-refractivity contribution is 0.0597. The Morgan fingerprint density at radius 1 is 1.29 bits per heavy atom. The molecule has 0 aliphatic carbocycles. The van der Waals surface area contributed by atoms with Crippen LogP contribution in [0.1, 0.15) is 21.5 Å². The molecule has 106 valence electrons. The zero-order valence-corrected chi connectivity index (χ0v) is 11.3. The number of nitrogens with zero attached hydrogens (tertiary/aromatic N) is 1. The molecule has 0 saturated heterocycles. The van der Waals surface area contributed by atoms with E-state index in [9.17, 15) is 9.18 Å². The van der Waals surface area contributed by atoms with E-state index in [2.05, 4.69) is 4.74 Å². The lowest BCUT2D eigenvalue weighted by Crippen LogP contribution is -2.08. The standard InChI is InChI=1S/C16H12FNO3/c1-20-16(19)15-8-13(17)6-5-12(15)10-21-14-4-2-3-11(7-14)9-18/h2-8H,10H2,1H3. The lowest BCUT2D eigenvalue weighted by Gasteiger charge is -2.10. The number of halogens is 1. The maximum atomic E-state index is 13.2. The van der Waals surface area contributed by atoms with Gasteiger partial charge in [-0.15, -0.1) is 0 Å². The third-order valence-electron chi connectivity index (χ3n) is 2.83. The van der Waals surface area contributed by atoms with Crippen LogP contribution in [0.4, 0.5) is 4.39 Å². The molecule has 0 heterocycles. The molecule has 0 radical (unpaired) electrons. The van der Waals surface area contributed by atoms with Gasteiger partial charge in [-0.1, -0.05) is 12.1 Å². The molecular formula is C16H12FNO3. The molecule has 4 nitrogen and oxygen atoms in total. The van der Waals surface area contributed by atoms with Crippen LogP contribution in [0.25, 0.3) is 0 Å². The van der Waals surface area contributed by atoms with Crippen molar-refractivity contribution in [2.75, 3.05) is 7.11 Å². The van der Waals surface area contributed by atoms with Crippen LogP contribution in [0.2, 0.25) is 0 Å². The van der Waals surface area contributed by atoms with Crippen molar-refractivity contribution in [3.8, 4) is 11.8 Å². The van der Waals surface area contributed by atoms with Gasteiger partial charge in [0.25, 0.3) is 0 Å². The molecule has 5 heteroatoms. The molecule has 2 rings (SSSR count). The van der Waals surface area contributed by atoms with Gasteiger partial charge in [-0.2, -0.15) is 5.26 Å². The third-order valence-corrected chi connectivity index (χ3v) is 2.83. The summed E-state index contributed by atoms with van der Waals surface area (Å²) >= 11 is 0. The minimum absolute atomic E-state index is 0.0690. The molecule has 2 aromatic carbocycles. The molecule has 0 amide bonds. The number of rotatable bonds is 4. The van der Waals surface area contributed by atoms with Crippen molar-refractivity contribution in [3.05, 3.63) is 65.0 Å². The Morgan fingerprint density at radius 3 is 2.81 bits per heavy atom. The van der Waals surface area contributed by atoms with E-state index in [1.165, 1.54) is 19.2 Å². The molecule has 0 aliphatic heterocycles. The fourth-order valence-electron chi connectivity index (χ4n) is 1.79. The summed E-state index contributed by atoms with van der Waals surface area (Å²) in [5, 5.41) is 8.82. The van der Waals surface area contributed by atoms with E-state index in [0.29, 0.717) is 16.9 Å². The second kappa shape index (κ2) is 6.53. The van der Waals surface area contributed by atoms with Crippen LogP contribution in [0.5, 0.6) is 5.75 Å². The second-order valence-electron chi connectivity index (χ2n) is 4.22. The number of hydrogen-bond acceptors (Lipinski definition) is 4. The van der Waals surface area contributed by atoms with Crippen LogP contribution >= 0.6 is 0 Å². The summed E-state index contributed by atoms with van der Waals surface area (Å²) in [5.41, 5.74) is 1.10. The van der Waals surface area contributed by atoms with Gasteiger partial charge in [0.1, 0.15) is 18.2 Å². The summed E-state index contributed by atoms with van der Waals surface area (Å²) in [6.45, 7) is 0.0690. The number of methoxy groups -OCH3 is 1. The van der Waals surface area contributed by atoms with Crippen LogP contribution < -0.4 is 4.74 Å². The molecule has 0 N–H and O–H groups in total. The summed E-state index contributed by atoms with van der Waals surface area (Å²) in [4.78, 5) is 11.6. The van der Waals surface area contributed by atoms with Crippen LogP contribution in [-0.2, 0) is 11.3 Å². The van der Waals surface area contributed by atoms with Gasteiger partial charge in [-0.3, -0.25) is 0 Å². The van der Waals surface area contributed by atoms with Crippen molar-refractivity contribution < 1.29 is 18.7 Å². The molecule has 0 unspecified atom stereocenters. The van der Waals surface area contributed by atoms with Crippen molar-refractivity contribution >= 4 is 5.97 Å². The average molecular weight is 285 g/mol. The Bertz CT molecular complexity index is 707. The molecule has 0 spiro atoms. The minimum Gasteiger partial charge on any atom is -0.489 e. The summed E-state index contributed by atoms with van der Waals surface area (Å²) in [7, 11) is 1.23. The van der Waals surface area contributed by atoms with Crippen molar-refractivity contribution in [2.24, 2.45) is 0 Å². The predicted octanol–water partition coefficient (Wildman–Crippen LogP) is 3.06. The van der Waals surface area contributed by atoms with E-state index in [1.54, 1.807) is 24.3 Å². The first kappa shape index (κ1) is 14.5. The summed E-state index contributed by atoms with van der Waals surface area (Å²) in [6.07, 6.45) is 0. The normalized spacial score (nSPS) is 9.76. The number of carbonyl (C=O) groups is 1. The monoisotopic (exact) mass is 285 g/mol. The largest absolute Gasteiger partial charge is 0.489 e. The quantitative estimate of drug-likeness (QED) is 0.810. The molecule has 21 heavy (non-hydrogen) atoms. The predicted molar refractivity (Wildman–Crippen MR) is 73.2 cm³/mol. The highest BCUT2D eigenvalue weighted by Gasteiger charge is 2.13. The van der Waals surface area contributed by atoms with Gasteiger partial charge in [0, 0.05) is 5.56 Å². The topological polar surface area (TPSA) is 59.3 Å². The molecular weight excluding hydrogens is 273 g/mol. The van der Waals surface area contributed by atoms with Crippen molar-refractivity contribution in [1.29, 1.82) is 5.26 Å². The summed E-state index contributed by atoms with van der Waals surface area (Å²) in [5.74, 6) is -0.654. The van der Waals surface area contributed by atoms with Gasteiger partial charge in [-0.05, 0) is 30.3 Å². The molecule has 2 aromatic rings. The Labute approximate surface area is 121 Å². The fourth-order valence-corrected chi connectivity index (χ4v) is 1.79. The Balaban J connectivity index is 2.20. The van der Waals surface area contributed by atoms with E-state index in [1.807, 2.05) is 6.07 Å². The van der Waals surface area contributed by atoms with Crippen molar-refractivity contribution in [1.82, 2.24) is 0 Å². The highest BCUT2D eigenvalue weighted by Crippen LogP contribution is 2.18. The number of carbonyl (C=O) groups excluding carboxylic acids is 1. The zero-order valence-electron chi connectivity index (χ0n) is 11.3. The zero-order chi connectivity index (χ0) is 15.2. The van der Waals surface area contributed by atoms with E-state index >= 15 is 0 Å². The Kier molecular flexibility index (Phi) is 4.52. The van der Waals surface area contributed by atoms with Crippen LogP contribution in [-0.4, -0.2) is 13.1 Å². The number of hydrogen-bond donors (Lipinski definition) is 0. The Hall–Kier alpha value is -2.87. The smallest absolute Gasteiger partial charge is 0.338 e. The molecule has 0 aliphatic rings. The molecule has 0 atom stereocenters. The fraction of sp³-hybridized carbons (Fsp3) is 0.125. The average Bonchev–Trinajstić information content (AvgIpc) is 2.53. The molecule has 0 saturated carbocycles. The first-order valence-electron chi connectivity index (χ1n) is 6.13. The van der Waals surface area contributed by atoms with E-state index < -0.39 is 11.8 Å². The van der Waals surface area contributed by atoms with Crippen molar-refractivity contribution in [3.63, 3.8) is 0 Å². The number of benzene rings is 2. The number of ether oxygens (including phenoxy) is 2. The number of nitriles is 1. The third kappa shape index (κ3) is 3.57. The highest BCUT2D eigenvalue weighted by molar-refractivity contribution is 5.91. The maximum absolute atomic E-state index is 13.2. The Morgan fingerprint density at radius 2 is 2.10 bits per heavy atom. The summed E-state index contributed by atoms with van der Waals surface area (Å²) in [6, 6.07) is 12.5. The minimum atomic E-state index is -0.626. The SMILES string of the molecule is COC(=O)c1cc(F)ccc1COc1cccc(C#N)c1. The molecule has 0 aromatic heterocycles. The van der Waals surface area contributed by atoms with E-state index in [4.69, 9.17) is 10.00 Å². The van der Waals surface area contributed by atoms with Gasteiger partial charge in [-0.25, -0.2) is 9.18 Å². The first-order chi connectivity index (χ1) is 10.1. The maximum Gasteiger partial charge on any atom is 0.338 e. The summed E-state index contributed by atoms with van der Waals surface area (Å²) < 4.78 is 23.4. The van der Waals surface area contributed by atoms with E-state index in [-0.39, 0.29) is 12.2 Å². The molecule has 0 bridgehead atoms. The highest BCUT2D eigenvalue weighted by atomic mass is 19.1. The number of esters is 1. The van der Waals surface area contributed by atoms with E-state index in [0.717, 1.165) is 6.07 Å². The van der Waals surface area contributed by atoms with Gasteiger partial charge in [0.05, 0.1) is 24.3 Å². The first-order valence-corrected chi connectivity index (χ1v) is 6.13. The van der Waals surface area contributed by atoms with Crippen LogP contribution in [0, 0.1) is 17.1 Å². The van der Waals surface area contributed by atoms with Crippen LogP contribution in [0.15, 0.2) is 42.5 Å². The van der Waals surface area contributed by atoms with Crippen molar-refractivity contribution in [2.45, 2.75) is 6.61 Å². The van der Waals surface area contributed by atoms with Gasteiger partial charge >= 0.3 is 5.97 Å². The van der Waals surface area contributed by atoms with Gasteiger partial charge in [0.15, 0.2) is 0 Å². The van der Waals surface area contributed by atoms with Crippen LogP contribution in [0.3, 0.4) is 0 Å². The molecule has 0 fully saturated rings. The van der Waals surface area contributed by atoms with Gasteiger partial charge < -0.3 is 9.47 Å².